The highest BCUT2D eigenvalue weighted by Crippen LogP contribution is 2.38. The first-order chi connectivity index (χ1) is 9.29. The van der Waals surface area contributed by atoms with Crippen molar-refractivity contribution in [3.63, 3.8) is 0 Å². The number of nitrogens with one attached hydrogen (secondary N) is 1. The summed E-state index contributed by atoms with van der Waals surface area (Å²) in [4.78, 5) is 0. The van der Waals surface area contributed by atoms with Crippen molar-refractivity contribution in [2.75, 3.05) is 7.05 Å². The van der Waals surface area contributed by atoms with Crippen LogP contribution in [0.1, 0.15) is 29.0 Å². The summed E-state index contributed by atoms with van der Waals surface area (Å²) in [6.45, 7) is 0. The first kappa shape index (κ1) is 12.2. The lowest BCUT2D eigenvalue weighted by molar-refractivity contribution is 0.441. The minimum atomic E-state index is 0.321. The molecular formula is C17H19NO. The van der Waals surface area contributed by atoms with Gasteiger partial charge in [0.1, 0.15) is 5.75 Å². The maximum atomic E-state index is 9.79. The van der Waals surface area contributed by atoms with Crippen LogP contribution in [-0.4, -0.2) is 18.2 Å². The van der Waals surface area contributed by atoms with Crippen LogP contribution in [-0.2, 0) is 6.42 Å². The Bertz CT molecular complexity index is 565. The average Bonchev–Trinajstić information content (AvgIpc) is 2.46. The molecule has 2 heteroatoms. The number of hydrogen-bond acceptors (Lipinski definition) is 2. The number of fused-ring (bicyclic) bond motifs is 1. The fourth-order valence-corrected chi connectivity index (χ4v) is 3.18. The van der Waals surface area contributed by atoms with Crippen molar-refractivity contribution >= 4 is 0 Å². The summed E-state index contributed by atoms with van der Waals surface area (Å²) in [6.07, 6.45) is 2.21. The first-order valence-corrected chi connectivity index (χ1v) is 6.83. The number of phenols is 1. The SMILES string of the molecule is CN[C@H]1CCc2ccc(O)cc2[C@@H]1c1ccccc1. The lowest BCUT2D eigenvalue weighted by Gasteiger charge is -2.34. The Hall–Kier alpha value is -1.80. The van der Waals surface area contributed by atoms with Gasteiger partial charge >= 0.3 is 0 Å². The van der Waals surface area contributed by atoms with E-state index in [2.05, 4.69) is 35.6 Å². The molecule has 1 aliphatic carbocycles. The minimum Gasteiger partial charge on any atom is -0.508 e. The van der Waals surface area contributed by atoms with Gasteiger partial charge < -0.3 is 10.4 Å². The smallest absolute Gasteiger partial charge is 0.115 e. The fraction of sp³-hybridized carbons (Fsp3) is 0.294. The third kappa shape index (κ3) is 2.24. The first-order valence-electron chi connectivity index (χ1n) is 6.83. The van der Waals surface area contributed by atoms with Crippen molar-refractivity contribution in [1.82, 2.24) is 5.32 Å². The van der Waals surface area contributed by atoms with E-state index in [0.29, 0.717) is 17.7 Å². The van der Waals surface area contributed by atoms with Crippen LogP contribution in [0.4, 0.5) is 0 Å². The van der Waals surface area contributed by atoms with Crippen LogP contribution in [0.25, 0.3) is 0 Å². The normalized spacial score (nSPS) is 21.9. The summed E-state index contributed by atoms with van der Waals surface area (Å²) in [5.74, 6) is 0.679. The second-order valence-electron chi connectivity index (χ2n) is 5.21. The molecule has 0 saturated heterocycles. The van der Waals surface area contributed by atoms with Crippen LogP contribution in [0.3, 0.4) is 0 Å². The van der Waals surface area contributed by atoms with Gasteiger partial charge in [0.05, 0.1) is 0 Å². The zero-order chi connectivity index (χ0) is 13.2. The largest absolute Gasteiger partial charge is 0.508 e. The van der Waals surface area contributed by atoms with E-state index in [4.69, 9.17) is 0 Å². The summed E-state index contributed by atoms with van der Waals surface area (Å²) < 4.78 is 0. The zero-order valence-corrected chi connectivity index (χ0v) is 11.1. The van der Waals surface area contributed by atoms with E-state index in [1.165, 1.54) is 16.7 Å². The highest BCUT2D eigenvalue weighted by atomic mass is 16.3. The molecule has 2 nitrogen and oxygen atoms in total. The van der Waals surface area contributed by atoms with Gasteiger partial charge in [-0.2, -0.15) is 0 Å². The molecule has 0 spiro atoms. The van der Waals surface area contributed by atoms with Gasteiger partial charge in [-0.3, -0.25) is 0 Å². The molecule has 0 fully saturated rings. The maximum Gasteiger partial charge on any atom is 0.115 e. The van der Waals surface area contributed by atoms with Gasteiger partial charge in [-0.05, 0) is 48.7 Å². The molecule has 19 heavy (non-hydrogen) atoms. The van der Waals surface area contributed by atoms with Gasteiger partial charge in [-0.15, -0.1) is 0 Å². The molecule has 0 aliphatic heterocycles. The van der Waals surface area contributed by atoms with Crippen molar-refractivity contribution in [1.29, 1.82) is 0 Å². The van der Waals surface area contributed by atoms with Crippen molar-refractivity contribution in [2.24, 2.45) is 0 Å². The molecule has 98 valence electrons. The Balaban J connectivity index is 2.12. The number of likely N-dealkylation sites (N-methyl/N-ethyl adjacent to an activating group) is 1. The topological polar surface area (TPSA) is 32.3 Å². The average molecular weight is 253 g/mol. The quantitative estimate of drug-likeness (QED) is 0.862. The van der Waals surface area contributed by atoms with Crippen LogP contribution in [0.5, 0.6) is 5.75 Å². The van der Waals surface area contributed by atoms with Crippen molar-refractivity contribution < 1.29 is 5.11 Å². The number of aromatic hydroxyl groups is 1. The number of hydrogen-bond donors (Lipinski definition) is 2. The Morgan fingerprint density at radius 3 is 2.63 bits per heavy atom. The predicted molar refractivity (Wildman–Crippen MR) is 77.6 cm³/mol. The van der Waals surface area contributed by atoms with Gasteiger partial charge in [-0.25, -0.2) is 0 Å². The number of benzene rings is 2. The van der Waals surface area contributed by atoms with E-state index in [9.17, 15) is 5.11 Å². The molecule has 2 atom stereocenters. The second-order valence-corrected chi connectivity index (χ2v) is 5.21. The van der Waals surface area contributed by atoms with E-state index in [0.717, 1.165) is 12.8 Å². The fourth-order valence-electron chi connectivity index (χ4n) is 3.18. The van der Waals surface area contributed by atoms with Gasteiger partial charge in [0, 0.05) is 12.0 Å². The van der Waals surface area contributed by atoms with Gasteiger partial charge in [0.25, 0.3) is 0 Å². The van der Waals surface area contributed by atoms with Gasteiger partial charge in [0.15, 0.2) is 0 Å². The lowest BCUT2D eigenvalue weighted by atomic mass is 9.75. The summed E-state index contributed by atoms with van der Waals surface area (Å²) in [5, 5.41) is 13.2. The number of aryl methyl sites for hydroxylation is 1. The summed E-state index contributed by atoms with van der Waals surface area (Å²) in [6, 6.07) is 16.8. The van der Waals surface area contributed by atoms with Crippen LogP contribution in [0, 0.1) is 0 Å². The predicted octanol–water partition coefficient (Wildman–Crippen LogP) is 3.06. The van der Waals surface area contributed by atoms with Crippen molar-refractivity contribution in [3.8, 4) is 5.75 Å². The molecule has 0 radical (unpaired) electrons. The highest BCUT2D eigenvalue weighted by molar-refractivity contribution is 5.45. The number of phenolic OH excluding ortho intramolecular Hbond substituents is 1. The third-order valence-electron chi connectivity index (χ3n) is 4.12. The summed E-state index contributed by atoms with van der Waals surface area (Å²) in [5.41, 5.74) is 3.93. The molecule has 3 rings (SSSR count). The monoisotopic (exact) mass is 253 g/mol. The summed E-state index contributed by atoms with van der Waals surface area (Å²) in [7, 11) is 2.02. The van der Waals surface area contributed by atoms with Crippen LogP contribution in [0.15, 0.2) is 48.5 Å². The Morgan fingerprint density at radius 2 is 1.89 bits per heavy atom. The molecule has 2 aromatic rings. The summed E-state index contributed by atoms with van der Waals surface area (Å²) >= 11 is 0. The second kappa shape index (κ2) is 5.06. The molecule has 0 bridgehead atoms. The Morgan fingerprint density at radius 1 is 1.11 bits per heavy atom. The van der Waals surface area contributed by atoms with Crippen molar-refractivity contribution in [3.05, 3.63) is 65.2 Å². The molecule has 0 amide bonds. The zero-order valence-electron chi connectivity index (χ0n) is 11.1. The van der Waals surface area contributed by atoms with E-state index < -0.39 is 0 Å². The molecule has 0 heterocycles. The third-order valence-corrected chi connectivity index (χ3v) is 4.12. The molecule has 1 aliphatic rings. The molecular weight excluding hydrogens is 234 g/mol. The Kier molecular flexibility index (Phi) is 3.26. The van der Waals surface area contributed by atoms with Crippen molar-refractivity contribution in [2.45, 2.75) is 24.8 Å². The van der Waals surface area contributed by atoms with Gasteiger partial charge in [-0.1, -0.05) is 36.4 Å². The van der Waals surface area contributed by atoms with Crippen LogP contribution >= 0.6 is 0 Å². The van der Waals surface area contributed by atoms with Gasteiger partial charge in [0.2, 0.25) is 0 Å². The number of rotatable bonds is 2. The van der Waals surface area contributed by atoms with E-state index in [1.54, 1.807) is 6.07 Å². The molecule has 2 aromatic carbocycles. The van der Waals surface area contributed by atoms with E-state index in [-0.39, 0.29) is 0 Å². The minimum absolute atomic E-state index is 0.321. The highest BCUT2D eigenvalue weighted by Gasteiger charge is 2.29. The molecule has 0 saturated carbocycles. The van der Waals surface area contributed by atoms with E-state index in [1.807, 2.05) is 19.2 Å². The standard InChI is InChI=1S/C17H19NO/c1-18-16-10-8-12-7-9-14(19)11-15(12)17(16)13-5-3-2-4-6-13/h2-7,9,11,16-19H,8,10H2,1H3/t16-,17-/m0/s1. The maximum absolute atomic E-state index is 9.79. The molecule has 0 aromatic heterocycles. The van der Waals surface area contributed by atoms with E-state index >= 15 is 0 Å². The lowest BCUT2D eigenvalue weighted by Crippen LogP contribution is -2.36. The van der Waals surface area contributed by atoms with Crippen LogP contribution < -0.4 is 5.32 Å². The molecule has 2 N–H and O–H groups in total. The molecule has 0 unspecified atom stereocenters. The Labute approximate surface area is 114 Å². The van der Waals surface area contributed by atoms with Crippen LogP contribution in [0.2, 0.25) is 0 Å².